The minimum atomic E-state index is -0.370. The van der Waals surface area contributed by atoms with Crippen molar-refractivity contribution in [2.45, 2.75) is 104 Å². The topological polar surface area (TPSA) is 55.4 Å². The van der Waals surface area contributed by atoms with Crippen LogP contribution < -0.4 is 5.32 Å². The van der Waals surface area contributed by atoms with Gasteiger partial charge in [-0.2, -0.15) is 0 Å². The number of nitrogens with one attached hydrogen (secondary N) is 1. The van der Waals surface area contributed by atoms with Crippen molar-refractivity contribution in [1.29, 1.82) is 0 Å². The summed E-state index contributed by atoms with van der Waals surface area (Å²) >= 11 is 0. The lowest BCUT2D eigenvalue weighted by molar-refractivity contribution is -0.143. The summed E-state index contributed by atoms with van der Waals surface area (Å²) in [6.45, 7) is 4.35. The molecule has 0 unspecified atom stereocenters. The third kappa shape index (κ3) is 19.0. The molecule has 0 saturated carbocycles. The monoisotopic (exact) mass is 367 g/mol. The van der Waals surface area contributed by atoms with Gasteiger partial charge in [0.1, 0.15) is 6.54 Å². The van der Waals surface area contributed by atoms with Gasteiger partial charge in [-0.25, -0.2) is 0 Å². The van der Waals surface area contributed by atoms with E-state index in [0.717, 1.165) is 12.8 Å². The number of hydrogen-bond acceptors (Lipinski definition) is 3. The van der Waals surface area contributed by atoms with Gasteiger partial charge in [0.25, 0.3) is 0 Å². The van der Waals surface area contributed by atoms with Crippen LogP contribution in [0.4, 0.5) is 0 Å². The minimum absolute atomic E-state index is 0.0161. The van der Waals surface area contributed by atoms with Crippen LogP contribution in [0, 0.1) is 0 Å². The highest BCUT2D eigenvalue weighted by Crippen LogP contribution is 2.09. The van der Waals surface area contributed by atoms with E-state index < -0.39 is 0 Å². The van der Waals surface area contributed by atoms with Gasteiger partial charge < -0.3 is 10.1 Å². The van der Waals surface area contributed by atoms with E-state index in [1.54, 1.807) is 6.92 Å². The fourth-order valence-corrected chi connectivity index (χ4v) is 2.83. The number of esters is 1. The van der Waals surface area contributed by atoms with Gasteiger partial charge in [0.2, 0.25) is 5.91 Å². The van der Waals surface area contributed by atoms with Crippen LogP contribution in [0.5, 0.6) is 0 Å². The molecule has 1 N–H and O–H groups in total. The summed E-state index contributed by atoms with van der Waals surface area (Å²) in [5, 5.41) is 2.59. The van der Waals surface area contributed by atoms with E-state index in [1.165, 1.54) is 70.6 Å². The number of carbonyl (C=O) groups excluding carboxylic acids is 2. The minimum Gasteiger partial charge on any atom is -0.465 e. The molecule has 0 atom stereocenters. The van der Waals surface area contributed by atoms with Gasteiger partial charge in [-0.05, 0) is 39.0 Å². The zero-order valence-electron chi connectivity index (χ0n) is 17.2. The van der Waals surface area contributed by atoms with Crippen LogP contribution in [0.15, 0.2) is 12.2 Å². The van der Waals surface area contributed by atoms with Crippen molar-refractivity contribution in [2.75, 3.05) is 13.2 Å². The summed E-state index contributed by atoms with van der Waals surface area (Å²) in [6, 6.07) is 0. The quantitative estimate of drug-likeness (QED) is 0.192. The fourth-order valence-electron chi connectivity index (χ4n) is 2.83. The van der Waals surface area contributed by atoms with Crippen LogP contribution in [0.2, 0.25) is 0 Å². The Kier molecular flexibility index (Phi) is 19.0. The van der Waals surface area contributed by atoms with Gasteiger partial charge in [-0.3, -0.25) is 9.59 Å². The molecule has 0 fully saturated rings. The number of rotatable bonds is 18. The standard InChI is InChI=1S/C22H41NO3/c1-3-5-6-7-8-9-10-11-12-13-14-15-16-17-18-19-21(24)23-20-22(25)26-4-2/h11-12H,3-10,13-20H2,1-2H3,(H,23,24)/b12-11+. The zero-order chi connectivity index (χ0) is 19.3. The van der Waals surface area contributed by atoms with Crippen molar-refractivity contribution in [1.82, 2.24) is 5.32 Å². The molecule has 0 aromatic carbocycles. The zero-order valence-corrected chi connectivity index (χ0v) is 17.2. The largest absolute Gasteiger partial charge is 0.465 e. The molecule has 0 aliphatic heterocycles. The summed E-state index contributed by atoms with van der Waals surface area (Å²) in [5.74, 6) is -0.430. The molecular formula is C22H41NO3. The lowest BCUT2D eigenvalue weighted by atomic mass is 10.1. The fraction of sp³-hybridized carbons (Fsp3) is 0.818. The molecule has 0 aromatic rings. The molecule has 4 heteroatoms. The van der Waals surface area contributed by atoms with Gasteiger partial charge in [0, 0.05) is 6.42 Å². The first kappa shape index (κ1) is 24.7. The number of ether oxygens (including phenoxy) is 1. The summed E-state index contributed by atoms with van der Waals surface area (Å²) in [6.07, 6.45) is 21.4. The van der Waals surface area contributed by atoms with Gasteiger partial charge in [0.15, 0.2) is 0 Å². The van der Waals surface area contributed by atoms with Gasteiger partial charge in [-0.1, -0.05) is 70.4 Å². The van der Waals surface area contributed by atoms with Crippen molar-refractivity contribution < 1.29 is 14.3 Å². The molecule has 152 valence electrons. The Morgan fingerprint density at radius 3 is 1.88 bits per heavy atom. The summed E-state index contributed by atoms with van der Waals surface area (Å²) < 4.78 is 4.76. The second-order valence-corrected chi connectivity index (χ2v) is 6.92. The molecule has 0 spiro atoms. The Hall–Kier alpha value is -1.32. The van der Waals surface area contributed by atoms with Crippen molar-refractivity contribution >= 4 is 11.9 Å². The number of carbonyl (C=O) groups is 2. The molecule has 0 saturated heterocycles. The summed E-state index contributed by atoms with van der Waals surface area (Å²) in [4.78, 5) is 22.7. The van der Waals surface area contributed by atoms with E-state index in [4.69, 9.17) is 4.74 Å². The highest BCUT2D eigenvalue weighted by Gasteiger charge is 2.05. The molecule has 26 heavy (non-hydrogen) atoms. The number of allylic oxidation sites excluding steroid dienone is 2. The number of hydrogen-bond donors (Lipinski definition) is 1. The smallest absolute Gasteiger partial charge is 0.325 e. The predicted molar refractivity (Wildman–Crippen MR) is 109 cm³/mol. The second-order valence-electron chi connectivity index (χ2n) is 6.92. The Morgan fingerprint density at radius 2 is 1.31 bits per heavy atom. The molecule has 0 aliphatic rings. The Labute approximate surface area is 161 Å². The van der Waals surface area contributed by atoms with E-state index in [1.807, 2.05) is 0 Å². The molecule has 0 aromatic heterocycles. The first-order valence-corrected chi connectivity index (χ1v) is 10.8. The molecular weight excluding hydrogens is 326 g/mol. The highest BCUT2D eigenvalue weighted by atomic mass is 16.5. The van der Waals surface area contributed by atoms with E-state index in [9.17, 15) is 9.59 Å². The number of unbranched alkanes of at least 4 members (excludes halogenated alkanes) is 11. The maximum atomic E-state index is 11.6. The highest BCUT2D eigenvalue weighted by molar-refractivity contribution is 5.81. The van der Waals surface area contributed by atoms with Crippen LogP contribution in [-0.4, -0.2) is 25.0 Å². The van der Waals surface area contributed by atoms with Crippen LogP contribution >= 0.6 is 0 Å². The van der Waals surface area contributed by atoms with Crippen LogP contribution in [0.1, 0.15) is 104 Å². The Balaban J connectivity index is 3.26. The van der Waals surface area contributed by atoms with Crippen molar-refractivity contribution in [3.63, 3.8) is 0 Å². The van der Waals surface area contributed by atoms with Crippen LogP contribution in [0.25, 0.3) is 0 Å². The third-order valence-electron chi connectivity index (χ3n) is 4.40. The van der Waals surface area contributed by atoms with E-state index in [2.05, 4.69) is 24.4 Å². The first-order chi connectivity index (χ1) is 12.7. The molecule has 4 nitrogen and oxygen atoms in total. The van der Waals surface area contributed by atoms with Gasteiger partial charge in [-0.15, -0.1) is 0 Å². The van der Waals surface area contributed by atoms with Gasteiger partial charge in [0.05, 0.1) is 6.61 Å². The second kappa shape index (κ2) is 20.0. The van der Waals surface area contributed by atoms with E-state index in [-0.39, 0.29) is 18.4 Å². The number of amides is 1. The van der Waals surface area contributed by atoms with Crippen LogP contribution in [-0.2, 0) is 14.3 Å². The van der Waals surface area contributed by atoms with Crippen molar-refractivity contribution in [3.8, 4) is 0 Å². The molecule has 0 aliphatic carbocycles. The van der Waals surface area contributed by atoms with Gasteiger partial charge >= 0.3 is 5.97 Å². The van der Waals surface area contributed by atoms with Crippen LogP contribution in [0.3, 0.4) is 0 Å². The molecule has 0 radical (unpaired) electrons. The summed E-state index contributed by atoms with van der Waals surface area (Å²) in [7, 11) is 0. The van der Waals surface area contributed by atoms with Crippen molar-refractivity contribution in [2.24, 2.45) is 0 Å². The predicted octanol–water partition coefficient (Wildman–Crippen LogP) is 5.70. The third-order valence-corrected chi connectivity index (χ3v) is 4.40. The maximum absolute atomic E-state index is 11.6. The lowest BCUT2D eigenvalue weighted by Gasteiger charge is -2.05. The average Bonchev–Trinajstić information content (AvgIpc) is 2.63. The summed E-state index contributed by atoms with van der Waals surface area (Å²) in [5.41, 5.74) is 0. The van der Waals surface area contributed by atoms with E-state index in [0.29, 0.717) is 13.0 Å². The molecule has 0 heterocycles. The van der Waals surface area contributed by atoms with Crippen molar-refractivity contribution in [3.05, 3.63) is 12.2 Å². The SMILES string of the molecule is CCCCCCCC/C=C/CCCCCCCC(=O)NCC(=O)OCC. The lowest BCUT2D eigenvalue weighted by Crippen LogP contribution is -2.30. The maximum Gasteiger partial charge on any atom is 0.325 e. The first-order valence-electron chi connectivity index (χ1n) is 10.8. The Morgan fingerprint density at radius 1 is 0.769 bits per heavy atom. The molecule has 1 amide bonds. The molecule has 0 rings (SSSR count). The average molecular weight is 368 g/mol. The normalized spacial score (nSPS) is 11.0. The Bertz CT molecular complexity index is 366. The molecule has 0 bridgehead atoms. The van der Waals surface area contributed by atoms with E-state index >= 15 is 0 Å².